The third kappa shape index (κ3) is 3.79. The van der Waals surface area contributed by atoms with Crippen molar-refractivity contribution in [3.05, 3.63) is 99.9 Å². The van der Waals surface area contributed by atoms with Crippen molar-refractivity contribution in [2.24, 2.45) is 12.0 Å². The zero-order valence-electron chi connectivity index (χ0n) is 17.6. The molecule has 0 aliphatic rings. The van der Waals surface area contributed by atoms with Crippen molar-refractivity contribution in [1.29, 1.82) is 0 Å². The van der Waals surface area contributed by atoms with Gasteiger partial charge in [0.05, 0.1) is 10.6 Å². The van der Waals surface area contributed by atoms with Gasteiger partial charge in [-0.15, -0.1) is 0 Å². The second-order valence-corrected chi connectivity index (χ2v) is 8.50. The van der Waals surface area contributed by atoms with E-state index < -0.39 is 0 Å². The van der Waals surface area contributed by atoms with E-state index in [1.54, 1.807) is 11.3 Å². The lowest BCUT2D eigenvalue weighted by Gasteiger charge is -2.09. The van der Waals surface area contributed by atoms with Gasteiger partial charge in [0.1, 0.15) is 0 Å². The number of rotatable bonds is 3. The van der Waals surface area contributed by atoms with Crippen molar-refractivity contribution in [3.8, 4) is 21.7 Å². The maximum atomic E-state index is 12.9. The quantitative estimate of drug-likeness (QED) is 0.401. The molecule has 3 aromatic carbocycles. The second-order valence-electron chi connectivity index (χ2n) is 7.52. The van der Waals surface area contributed by atoms with Gasteiger partial charge in [0, 0.05) is 12.6 Å². The Labute approximate surface area is 181 Å². The average molecular weight is 413 g/mol. The van der Waals surface area contributed by atoms with Gasteiger partial charge in [-0.3, -0.25) is 4.79 Å². The lowest BCUT2D eigenvalue weighted by atomic mass is 10.0. The Morgan fingerprint density at radius 1 is 0.800 bits per heavy atom. The molecule has 0 aliphatic carbocycles. The fraction of sp³-hybridized carbons (Fsp3) is 0.154. The van der Waals surface area contributed by atoms with Crippen LogP contribution in [-0.2, 0) is 7.05 Å². The highest BCUT2D eigenvalue weighted by Crippen LogP contribution is 2.35. The number of nitrogens with zero attached hydrogens (tertiary/aromatic N) is 2. The summed E-state index contributed by atoms with van der Waals surface area (Å²) in [5.74, 6) is -0.212. The molecule has 0 spiro atoms. The Morgan fingerprint density at radius 2 is 1.50 bits per heavy atom. The lowest BCUT2D eigenvalue weighted by Crippen LogP contribution is -2.15. The maximum absolute atomic E-state index is 12.9. The summed E-state index contributed by atoms with van der Waals surface area (Å²) < 4.78 is 2.03. The molecule has 150 valence electrons. The fourth-order valence-corrected chi connectivity index (χ4v) is 4.66. The van der Waals surface area contributed by atoms with Crippen LogP contribution < -0.4 is 4.80 Å². The van der Waals surface area contributed by atoms with E-state index in [0.29, 0.717) is 10.4 Å². The van der Waals surface area contributed by atoms with Crippen molar-refractivity contribution in [2.45, 2.75) is 20.8 Å². The van der Waals surface area contributed by atoms with Crippen molar-refractivity contribution >= 4 is 17.2 Å². The largest absolute Gasteiger partial charge is 0.319 e. The van der Waals surface area contributed by atoms with Crippen LogP contribution in [0.5, 0.6) is 0 Å². The Morgan fingerprint density at radius 3 is 2.20 bits per heavy atom. The number of hydrogen-bond acceptors (Lipinski definition) is 2. The molecule has 4 rings (SSSR count). The Balaban J connectivity index is 1.94. The van der Waals surface area contributed by atoms with E-state index >= 15 is 0 Å². The first kappa shape index (κ1) is 20.0. The van der Waals surface area contributed by atoms with Crippen LogP contribution in [0.3, 0.4) is 0 Å². The van der Waals surface area contributed by atoms with Crippen molar-refractivity contribution in [2.75, 3.05) is 0 Å². The molecule has 0 bridgehead atoms. The summed E-state index contributed by atoms with van der Waals surface area (Å²) in [6.07, 6.45) is 0. The van der Waals surface area contributed by atoms with Gasteiger partial charge in [-0.25, -0.2) is 0 Å². The van der Waals surface area contributed by atoms with E-state index in [4.69, 9.17) is 0 Å². The van der Waals surface area contributed by atoms with Gasteiger partial charge in [-0.1, -0.05) is 72.0 Å². The number of aromatic nitrogens is 1. The Bertz CT molecular complexity index is 1300. The molecule has 0 unspecified atom stereocenters. The monoisotopic (exact) mass is 412 g/mol. The van der Waals surface area contributed by atoms with Gasteiger partial charge >= 0.3 is 0 Å². The zero-order valence-corrected chi connectivity index (χ0v) is 18.5. The molecule has 0 saturated carbocycles. The lowest BCUT2D eigenvalue weighted by molar-refractivity contribution is 0.0997. The van der Waals surface area contributed by atoms with Crippen LogP contribution in [0.15, 0.2) is 77.8 Å². The summed E-state index contributed by atoms with van der Waals surface area (Å²) in [6.45, 7) is 6.18. The number of amides is 1. The summed E-state index contributed by atoms with van der Waals surface area (Å²) in [4.78, 5) is 19.2. The number of benzene rings is 3. The number of carbonyl (C=O) groups is 1. The first-order valence-electron chi connectivity index (χ1n) is 9.93. The molecular weight excluding hydrogens is 388 g/mol. The van der Waals surface area contributed by atoms with Crippen molar-refractivity contribution in [3.63, 3.8) is 0 Å². The van der Waals surface area contributed by atoms with Gasteiger partial charge in [0.2, 0.25) is 0 Å². The van der Waals surface area contributed by atoms with Crippen molar-refractivity contribution < 1.29 is 4.79 Å². The molecule has 0 N–H and O–H groups in total. The molecular formula is C26H24N2OS. The van der Waals surface area contributed by atoms with E-state index in [1.165, 1.54) is 11.1 Å². The highest BCUT2D eigenvalue weighted by Gasteiger charge is 2.17. The summed E-state index contributed by atoms with van der Waals surface area (Å²) >= 11 is 1.55. The second kappa shape index (κ2) is 8.25. The minimum absolute atomic E-state index is 0.212. The minimum Gasteiger partial charge on any atom is -0.319 e. The number of thiazole rings is 1. The van der Waals surface area contributed by atoms with Crippen LogP contribution >= 0.6 is 11.3 Å². The molecule has 0 radical (unpaired) electrons. The first-order chi connectivity index (χ1) is 14.5. The number of aryl methyl sites for hydroxylation is 3. The number of carbonyl (C=O) groups excluding carboxylic acids is 1. The topological polar surface area (TPSA) is 34.4 Å². The standard InChI is InChI=1S/C26H24N2OS/c1-17-14-15-21(16-19(17)3)23-24(20-11-6-5-7-12-20)30-26(28(23)4)27-25(29)22-13-9-8-10-18(22)2/h5-16H,1-4H3. The first-order valence-corrected chi connectivity index (χ1v) is 10.7. The molecule has 0 saturated heterocycles. The maximum Gasteiger partial charge on any atom is 0.279 e. The predicted octanol–water partition coefficient (Wildman–Crippen LogP) is 6.09. The summed E-state index contributed by atoms with van der Waals surface area (Å²) in [5.41, 5.74) is 7.40. The highest BCUT2D eigenvalue weighted by atomic mass is 32.1. The van der Waals surface area contributed by atoms with Crippen LogP contribution in [0.25, 0.3) is 21.7 Å². The van der Waals surface area contributed by atoms with Gasteiger partial charge in [-0.2, -0.15) is 4.99 Å². The van der Waals surface area contributed by atoms with E-state index in [1.807, 2.05) is 61.0 Å². The van der Waals surface area contributed by atoms with Crippen LogP contribution in [0.1, 0.15) is 27.0 Å². The van der Waals surface area contributed by atoms with Gasteiger partial charge in [0.15, 0.2) is 4.80 Å². The van der Waals surface area contributed by atoms with E-state index in [-0.39, 0.29) is 5.91 Å². The van der Waals surface area contributed by atoms with Gasteiger partial charge < -0.3 is 4.57 Å². The van der Waals surface area contributed by atoms with Crippen LogP contribution in [0.2, 0.25) is 0 Å². The molecule has 0 aliphatic heterocycles. The average Bonchev–Trinajstić information content (AvgIpc) is 3.07. The molecule has 4 aromatic rings. The fourth-order valence-electron chi connectivity index (χ4n) is 3.51. The van der Waals surface area contributed by atoms with Gasteiger partial charge in [-0.05, 0) is 60.7 Å². The summed E-state index contributed by atoms with van der Waals surface area (Å²) in [5, 5.41) is 0. The normalized spacial score (nSPS) is 11.7. The Hall–Kier alpha value is -3.24. The predicted molar refractivity (Wildman–Crippen MR) is 125 cm³/mol. The highest BCUT2D eigenvalue weighted by molar-refractivity contribution is 7.13. The molecule has 1 aromatic heterocycles. The molecule has 0 atom stereocenters. The van der Waals surface area contributed by atoms with Crippen LogP contribution in [0.4, 0.5) is 0 Å². The van der Waals surface area contributed by atoms with Crippen molar-refractivity contribution in [1.82, 2.24) is 4.57 Å². The third-order valence-electron chi connectivity index (χ3n) is 5.42. The van der Waals surface area contributed by atoms with E-state index in [0.717, 1.165) is 27.3 Å². The molecule has 4 heteroatoms. The zero-order chi connectivity index (χ0) is 21.3. The smallest absolute Gasteiger partial charge is 0.279 e. The van der Waals surface area contributed by atoms with Crippen LogP contribution in [0, 0.1) is 20.8 Å². The SMILES string of the molecule is Cc1ccc(-c2c(-c3ccccc3)sc(=NC(=O)c3ccccc3C)n2C)cc1C. The van der Waals surface area contributed by atoms with Gasteiger partial charge in [0.25, 0.3) is 5.91 Å². The summed E-state index contributed by atoms with van der Waals surface area (Å²) in [6, 6.07) is 24.4. The van der Waals surface area contributed by atoms with Crippen LogP contribution in [-0.4, -0.2) is 10.5 Å². The molecule has 3 nitrogen and oxygen atoms in total. The molecule has 0 fully saturated rings. The Kier molecular flexibility index (Phi) is 5.51. The number of hydrogen-bond donors (Lipinski definition) is 0. The van der Waals surface area contributed by atoms with E-state index in [9.17, 15) is 4.79 Å². The third-order valence-corrected chi connectivity index (χ3v) is 6.60. The van der Waals surface area contributed by atoms with E-state index in [2.05, 4.69) is 49.2 Å². The summed E-state index contributed by atoms with van der Waals surface area (Å²) in [7, 11) is 1.98. The molecule has 1 heterocycles. The minimum atomic E-state index is -0.212. The molecule has 1 amide bonds. The molecule has 30 heavy (non-hydrogen) atoms.